The topological polar surface area (TPSA) is 41.6 Å². The van der Waals surface area contributed by atoms with Crippen molar-refractivity contribution in [3.05, 3.63) is 83.7 Å². The number of benzene rings is 3. The summed E-state index contributed by atoms with van der Waals surface area (Å²) in [5.41, 5.74) is 3.42. The van der Waals surface area contributed by atoms with Gasteiger partial charge in [0.1, 0.15) is 11.6 Å². The molecule has 1 fully saturated rings. The number of ether oxygens (including phenoxy) is 1. The first-order valence-electron chi connectivity index (χ1n) is 11.5. The zero-order chi connectivity index (χ0) is 23.4. The van der Waals surface area contributed by atoms with Crippen LogP contribution < -0.4 is 10.1 Å². The highest BCUT2D eigenvalue weighted by molar-refractivity contribution is 6.04. The van der Waals surface area contributed by atoms with E-state index in [9.17, 15) is 9.18 Å². The van der Waals surface area contributed by atoms with E-state index in [2.05, 4.69) is 24.1 Å². The predicted molar refractivity (Wildman–Crippen MR) is 131 cm³/mol. The number of piperidine rings is 1. The molecule has 33 heavy (non-hydrogen) atoms. The van der Waals surface area contributed by atoms with Gasteiger partial charge in [-0.3, -0.25) is 4.79 Å². The van der Waals surface area contributed by atoms with Crippen molar-refractivity contribution in [3.8, 4) is 16.9 Å². The summed E-state index contributed by atoms with van der Waals surface area (Å²) in [6, 6.07) is 20.5. The summed E-state index contributed by atoms with van der Waals surface area (Å²) in [4.78, 5) is 15.3. The minimum Gasteiger partial charge on any atom is -0.496 e. The van der Waals surface area contributed by atoms with Crippen LogP contribution >= 0.6 is 0 Å². The molecular weight excluding hydrogens is 415 g/mol. The molecule has 3 aromatic carbocycles. The quantitative estimate of drug-likeness (QED) is 0.480. The second-order valence-corrected chi connectivity index (χ2v) is 8.88. The Labute approximate surface area is 195 Å². The van der Waals surface area contributed by atoms with Gasteiger partial charge in [0.25, 0.3) is 5.91 Å². The maximum atomic E-state index is 14.8. The number of hydrogen-bond acceptors (Lipinski definition) is 3. The highest BCUT2D eigenvalue weighted by Crippen LogP contribution is 2.36. The summed E-state index contributed by atoms with van der Waals surface area (Å²) >= 11 is 0. The first-order valence-corrected chi connectivity index (χ1v) is 11.5. The van der Waals surface area contributed by atoms with Gasteiger partial charge in [-0.2, -0.15) is 0 Å². The molecule has 0 atom stereocenters. The van der Waals surface area contributed by atoms with Crippen LogP contribution in [0, 0.1) is 5.82 Å². The second-order valence-electron chi connectivity index (χ2n) is 8.88. The van der Waals surface area contributed by atoms with E-state index in [0.29, 0.717) is 17.6 Å². The fourth-order valence-corrected chi connectivity index (χ4v) is 4.57. The number of rotatable bonds is 6. The van der Waals surface area contributed by atoms with Gasteiger partial charge < -0.3 is 15.0 Å². The van der Waals surface area contributed by atoms with E-state index < -0.39 is 11.7 Å². The van der Waals surface area contributed by atoms with Gasteiger partial charge >= 0.3 is 0 Å². The van der Waals surface area contributed by atoms with Gasteiger partial charge in [0.05, 0.1) is 12.7 Å². The minimum atomic E-state index is -0.538. The number of carbonyl (C=O) groups excluding carboxylic acids is 1. The third kappa shape index (κ3) is 5.25. The van der Waals surface area contributed by atoms with Crippen LogP contribution in [0.4, 0.5) is 10.1 Å². The van der Waals surface area contributed by atoms with Crippen LogP contribution in [-0.2, 0) is 0 Å². The van der Waals surface area contributed by atoms with E-state index >= 15 is 0 Å². The average Bonchev–Trinajstić information content (AvgIpc) is 2.84. The lowest BCUT2D eigenvalue weighted by atomic mass is 9.88. The lowest BCUT2D eigenvalue weighted by molar-refractivity contribution is 0.102. The molecule has 0 bridgehead atoms. The normalized spacial score (nSPS) is 14.9. The van der Waals surface area contributed by atoms with Crippen molar-refractivity contribution in [1.29, 1.82) is 0 Å². The summed E-state index contributed by atoms with van der Waals surface area (Å²) in [7, 11) is 1.67. The number of halogens is 1. The molecule has 0 aromatic heterocycles. The molecule has 0 radical (unpaired) electrons. The first-order chi connectivity index (χ1) is 16.0. The Balaban J connectivity index is 1.51. The van der Waals surface area contributed by atoms with E-state index in [1.165, 1.54) is 6.07 Å². The van der Waals surface area contributed by atoms with Crippen molar-refractivity contribution in [2.75, 3.05) is 25.5 Å². The lowest BCUT2D eigenvalue weighted by Gasteiger charge is -2.35. The number of methoxy groups -OCH3 is 1. The highest BCUT2D eigenvalue weighted by Gasteiger charge is 2.25. The Bertz CT molecular complexity index is 1110. The van der Waals surface area contributed by atoms with Crippen molar-refractivity contribution < 1.29 is 13.9 Å². The summed E-state index contributed by atoms with van der Waals surface area (Å²) < 4.78 is 20.4. The van der Waals surface area contributed by atoms with Gasteiger partial charge in [-0.1, -0.05) is 36.4 Å². The van der Waals surface area contributed by atoms with Crippen molar-refractivity contribution in [3.63, 3.8) is 0 Å². The number of likely N-dealkylation sites (tertiary alicyclic amines) is 1. The second kappa shape index (κ2) is 10.2. The Morgan fingerprint density at radius 1 is 1.00 bits per heavy atom. The molecule has 4 nitrogen and oxygen atoms in total. The van der Waals surface area contributed by atoms with Gasteiger partial charge in [0, 0.05) is 11.7 Å². The molecule has 1 aliphatic rings. The molecule has 1 saturated heterocycles. The molecule has 5 heteroatoms. The molecule has 1 heterocycles. The number of amides is 1. The third-order valence-electron chi connectivity index (χ3n) is 6.51. The number of nitrogens with zero attached hydrogens (tertiary/aromatic N) is 1. The van der Waals surface area contributed by atoms with Crippen LogP contribution in [-0.4, -0.2) is 37.0 Å². The van der Waals surface area contributed by atoms with Gasteiger partial charge in [-0.15, -0.1) is 0 Å². The fourth-order valence-electron chi connectivity index (χ4n) is 4.57. The Morgan fingerprint density at radius 3 is 2.36 bits per heavy atom. The summed E-state index contributed by atoms with van der Waals surface area (Å²) in [6.45, 7) is 6.53. The van der Waals surface area contributed by atoms with Gasteiger partial charge in [0.2, 0.25) is 0 Å². The maximum Gasteiger partial charge on any atom is 0.258 e. The van der Waals surface area contributed by atoms with Crippen LogP contribution in [0.1, 0.15) is 48.5 Å². The summed E-state index contributed by atoms with van der Waals surface area (Å²) in [5, 5.41) is 2.87. The summed E-state index contributed by atoms with van der Waals surface area (Å²) in [5.74, 6) is 0.199. The smallest absolute Gasteiger partial charge is 0.258 e. The largest absolute Gasteiger partial charge is 0.496 e. The number of hydrogen-bond donors (Lipinski definition) is 1. The van der Waals surface area contributed by atoms with E-state index in [1.807, 2.05) is 42.5 Å². The van der Waals surface area contributed by atoms with Gasteiger partial charge in [-0.05, 0) is 92.7 Å². The molecule has 0 saturated carbocycles. The molecule has 4 rings (SSSR count). The van der Waals surface area contributed by atoms with Crippen LogP contribution in [0.3, 0.4) is 0 Å². The minimum absolute atomic E-state index is 0.0253. The van der Waals surface area contributed by atoms with E-state index in [1.54, 1.807) is 25.3 Å². The van der Waals surface area contributed by atoms with E-state index in [-0.39, 0.29) is 5.56 Å². The molecule has 0 spiro atoms. The third-order valence-corrected chi connectivity index (χ3v) is 6.51. The fraction of sp³-hybridized carbons (Fsp3) is 0.321. The van der Waals surface area contributed by atoms with E-state index in [0.717, 1.165) is 48.4 Å². The van der Waals surface area contributed by atoms with E-state index in [4.69, 9.17) is 4.74 Å². The molecule has 0 unspecified atom stereocenters. The number of anilines is 1. The first kappa shape index (κ1) is 23.0. The maximum absolute atomic E-state index is 14.8. The Kier molecular flexibility index (Phi) is 7.09. The lowest BCUT2D eigenvalue weighted by Crippen LogP contribution is -2.37. The molecular formula is C28H31FN2O2. The summed E-state index contributed by atoms with van der Waals surface area (Å²) in [6.07, 6.45) is 2.09. The zero-order valence-corrected chi connectivity index (χ0v) is 19.5. The van der Waals surface area contributed by atoms with Gasteiger partial charge in [-0.25, -0.2) is 4.39 Å². The number of nitrogens with one attached hydrogen (secondary N) is 1. The Morgan fingerprint density at radius 2 is 1.73 bits per heavy atom. The molecule has 172 valence electrons. The monoisotopic (exact) mass is 446 g/mol. The average molecular weight is 447 g/mol. The van der Waals surface area contributed by atoms with Crippen LogP contribution in [0.15, 0.2) is 66.7 Å². The van der Waals surface area contributed by atoms with Crippen molar-refractivity contribution in [2.24, 2.45) is 0 Å². The van der Waals surface area contributed by atoms with Crippen molar-refractivity contribution in [2.45, 2.75) is 38.6 Å². The standard InChI is InChI=1S/C28H31FN2O2/c1-19(2)31-15-13-21(14-16-31)25-18-23(10-12-27(25)33-3)30-28(32)24-11-9-22(17-26(24)29)20-7-5-4-6-8-20/h4-12,17-19,21H,13-16H2,1-3H3,(H,30,32). The molecule has 3 aromatic rings. The number of carbonyl (C=O) groups is 1. The van der Waals surface area contributed by atoms with Crippen LogP contribution in [0.5, 0.6) is 5.75 Å². The Hall–Kier alpha value is -3.18. The van der Waals surface area contributed by atoms with Crippen molar-refractivity contribution in [1.82, 2.24) is 4.90 Å². The highest BCUT2D eigenvalue weighted by atomic mass is 19.1. The molecule has 1 aliphatic heterocycles. The van der Waals surface area contributed by atoms with Crippen molar-refractivity contribution >= 4 is 11.6 Å². The van der Waals surface area contributed by atoms with Gasteiger partial charge in [0.15, 0.2) is 0 Å². The molecule has 1 N–H and O–H groups in total. The van der Waals surface area contributed by atoms with Crippen LogP contribution in [0.2, 0.25) is 0 Å². The molecule has 0 aliphatic carbocycles. The zero-order valence-electron chi connectivity index (χ0n) is 19.5. The van der Waals surface area contributed by atoms with Crippen LogP contribution in [0.25, 0.3) is 11.1 Å². The molecule has 1 amide bonds. The predicted octanol–water partition coefficient (Wildman–Crippen LogP) is 6.34. The SMILES string of the molecule is COc1ccc(NC(=O)c2ccc(-c3ccccc3)cc2F)cc1C1CCN(C(C)C)CC1.